The average molecular weight is 330 g/mol. The third-order valence-electron chi connectivity index (χ3n) is 3.80. The van der Waals surface area contributed by atoms with Crippen LogP contribution < -0.4 is 5.32 Å². The molecular weight excluding hydrogens is 309 g/mol. The van der Waals surface area contributed by atoms with E-state index in [9.17, 15) is 4.79 Å². The highest BCUT2D eigenvalue weighted by atomic mass is 35.5. The zero-order valence-corrected chi connectivity index (χ0v) is 13.7. The number of ether oxygens (including phenoxy) is 1. The lowest BCUT2D eigenvalue weighted by Crippen LogP contribution is -2.39. The highest BCUT2D eigenvalue weighted by Crippen LogP contribution is 2.29. The van der Waals surface area contributed by atoms with E-state index in [1.165, 1.54) is 19.3 Å². The van der Waals surface area contributed by atoms with Crippen molar-refractivity contribution >= 4 is 29.2 Å². The first-order chi connectivity index (χ1) is 10.1. The Hall–Kier alpha value is -0.770. The molecular formula is C16H21Cl2NO2. The highest BCUT2D eigenvalue weighted by Gasteiger charge is 2.27. The molecule has 5 heteroatoms. The highest BCUT2D eigenvalue weighted by molar-refractivity contribution is 6.35. The average Bonchev–Trinajstić information content (AvgIpc) is 2.47. The van der Waals surface area contributed by atoms with Crippen LogP contribution >= 0.6 is 23.2 Å². The first-order valence-corrected chi connectivity index (χ1v) is 8.25. The molecule has 0 saturated heterocycles. The van der Waals surface area contributed by atoms with Crippen LogP contribution in [-0.4, -0.2) is 18.6 Å². The van der Waals surface area contributed by atoms with E-state index in [0.717, 1.165) is 18.4 Å². The van der Waals surface area contributed by atoms with Crippen LogP contribution in [0.1, 0.15) is 50.6 Å². The number of carbonyl (C=O) groups excluding carboxylic acids is 1. The van der Waals surface area contributed by atoms with Gasteiger partial charge in [0.1, 0.15) is 6.04 Å². The first kappa shape index (κ1) is 16.6. The SMILES string of the molecule is CCOC(=O)C(NC1CCCCC1)c1ccc(Cl)cc1Cl. The second-order valence-corrected chi connectivity index (χ2v) is 6.20. The minimum absolute atomic E-state index is 0.285. The van der Waals surface area contributed by atoms with Crippen molar-refractivity contribution in [2.45, 2.75) is 51.1 Å². The summed E-state index contributed by atoms with van der Waals surface area (Å²) in [5.41, 5.74) is 0.727. The number of hydrogen-bond acceptors (Lipinski definition) is 3. The molecule has 0 amide bonds. The van der Waals surface area contributed by atoms with E-state index in [-0.39, 0.29) is 5.97 Å². The molecule has 1 fully saturated rings. The molecule has 1 aliphatic carbocycles. The van der Waals surface area contributed by atoms with Crippen molar-refractivity contribution in [2.24, 2.45) is 0 Å². The van der Waals surface area contributed by atoms with Crippen LogP contribution in [0, 0.1) is 0 Å². The summed E-state index contributed by atoms with van der Waals surface area (Å²) in [5.74, 6) is -0.285. The van der Waals surface area contributed by atoms with Crippen LogP contribution in [0.3, 0.4) is 0 Å². The zero-order valence-electron chi connectivity index (χ0n) is 12.2. The quantitative estimate of drug-likeness (QED) is 0.807. The normalized spacial score (nSPS) is 17.5. The third-order valence-corrected chi connectivity index (χ3v) is 4.37. The standard InChI is InChI=1S/C16H21Cl2NO2/c1-2-21-16(20)15(19-12-6-4-3-5-7-12)13-9-8-11(17)10-14(13)18/h8-10,12,15,19H,2-7H2,1H3. The molecule has 1 saturated carbocycles. The van der Waals surface area contributed by atoms with E-state index < -0.39 is 6.04 Å². The van der Waals surface area contributed by atoms with Gasteiger partial charge < -0.3 is 4.74 Å². The molecule has 1 atom stereocenters. The Morgan fingerprint density at radius 2 is 2.05 bits per heavy atom. The van der Waals surface area contributed by atoms with E-state index in [4.69, 9.17) is 27.9 Å². The molecule has 0 radical (unpaired) electrons. The summed E-state index contributed by atoms with van der Waals surface area (Å²) in [4.78, 5) is 12.3. The summed E-state index contributed by atoms with van der Waals surface area (Å²) in [6.07, 6.45) is 5.83. The van der Waals surface area contributed by atoms with Gasteiger partial charge in [0, 0.05) is 16.1 Å². The molecule has 0 aliphatic heterocycles. The van der Waals surface area contributed by atoms with Crippen molar-refractivity contribution in [3.63, 3.8) is 0 Å². The fourth-order valence-corrected chi connectivity index (χ4v) is 3.27. The van der Waals surface area contributed by atoms with Crippen molar-refractivity contribution in [1.82, 2.24) is 5.32 Å². The first-order valence-electron chi connectivity index (χ1n) is 7.49. The molecule has 1 N–H and O–H groups in total. The Kier molecular flexibility index (Phi) is 6.34. The van der Waals surface area contributed by atoms with Crippen LogP contribution in [0.4, 0.5) is 0 Å². The molecule has 1 aromatic carbocycles. The molecule has 0 bridgehead atoms. The van der Waals surface area contributed by atoms with Gasteiger partial charge in [0.15, 0.2) is 0 Å². The molecule has 2 rings (SSSR count). The van der Waals surface area contributed by atoms with Gasteiger partial charge in [0.05, 0.1) is 6.61 Å². The summed E-state index contributed by atoms with van der Waals surface area (Å²) < 4.78 is 5.19. The molecule has 0 spiro atoms. The molecule has 1 unspecified atom stereocenters. The van der Waals surface area contributed by atoms with Gasteiger partial charge in [-0.15, -0.1) is 0 Å². The number of nitrogens with one attached hydrogen (secondary N) is 1. The zero-order chi connectivity index (χ0) is 15.2. The van der Waals surface area contributed by atoms with Gasteiger partial charge in [0.25, 0.3) is 0 Å². The van der Waals surface area contributed by atoms with Gasteiger partial charge in [-0.1, -0.05) is 48.5 Å². The van der Waals surface area contributed by atoms with Gasteiger partial charge in [-0.3, -0.25) is 5.32 Å². The second-order valence-electron chi connectivity index (χ2n) is 5.35. The predicted molar refractivity (Wildman–Crippen MR) is 85.8 cm³/mol. The number of esters is 1. The minimum atomic E-state index is -0.530. The van der Waals surface area contributed by atoms with E-state index in [1.807, 2.05) is 0 Å². The van der Waals surface area contributed by atoms with Gasteiger partial charge in [0.2, 0.25) is 0 Å². The van der Waals surface area contributed by atoms with Crippen LogP contribution in [0.5, 0.6) is 0 Å². The van der Waals surface area contributed by atoms with Crippen LogP contribution in [0.15, 0.2) is 18.2 Å². The Morgan fingerprint density at radius 3 is 2.67 bits per heavy atom. The molecule has 0 heterocycles. The van der Waals surface area contributed by atoms with Crippen molar-refractivity contribution in [1.29, 1.82) is 0 Å². The maximum absolute atomic E-state index is 12.3. The topological polar surface area (TPSA) is 38.3 Å². The number of rotatable bonds is 5. The Labute approximate surface area is 136 Å². The van der Waals surface area contributed by atoms with Crippen LogP contribution in [-0.2, 0) is 9.53 Å². The largest absolute Gasteiger partial charge is 0.465 e. The maximum Gasteiger partial charge on any atom is 0.327 e. The van der Waals surface area contributed by atoms with E-state index in [2.05, 4.69) is 5.32 Å². The minimum Gasteiger partial charge on any atom is -0.465 e. The molecule has 21 heavy (non-hydrogen) atoms. The Morgan fingerprint density at radius 1 is 1.33 bits per heavy atom. The van der Waals surface area contributed by atoms with Gasteiger partial charge in [-0.2, -0.15) is 0 Å². The van der Waals surface area contributed by atoms with E-state index in [0.29, 0.717) is 22.7 Å². The second kappa shape index (κ2) is 8.02. The fraction of sp³-hybridized carbons (Fsp3) is 0.562. The molecule has 1 aromatic rings. The van der Waals surface area contributed by atoms with Gasteiger partial charge >= 0.3 is 5.97 Å². The lowest BCUT2D eigenvalue weighted by atomic mass is 9.94. The summed E-state index contributed by atoms with van der Waals surface area (Å²) in [6, 6.07) is 5.00. The number of carbonyl (C=O) groups is 1. The van der Waals surface area contributed by atoms with Crippen molar-refractivity contribution < 1.29 is 9.53 Å². The summed E-state index contributed by atoms with van der Waals surface area (Å²) in [5, 5.41) is 4.46. The Bertz CT molecular complexity index is 487. The molecule has 116 valence electrons. The summed E-state index contributed by atoms with van der Waals surface area (Å²) in [7, 11) is 0. The van der Waals surface area contributed by atoms with Crippen LogP contribution in [0.25, 0.3) is 0 Å². The predicted octanol–water partition coefficient (Wildman–Crippen LogP) is 4.52. The van der Waals surface area contributed by atoms with E-state index >= 15 is 0 Å². The fourth-order valence-electron chi connectivity index (χ4n) is 2.75. The van der Waals surface area contributed by atoms with Crippen LogP contribution in [0.2, 0.25) is 10.0 Å². The number of halogens is 2. The van der Waals surface area contributed by atoms with E-state index in [1.54, 1.807) is 25.1 Å². The maximum atomic E-state index is 12.3. The van der Waals surface area contributed by atoms with Crippen molar-refractivity contribution in [2.75, 3.05) is 6.61 Å². The third kappa shape index (κ3) is 4.60. The molecule has 1 aliphatic rings. The van der Waals surface area contributed by atoms with Gasteiger partial charge in [-0.25, -0.2) is 4.79 Å². The summed E-state index contributed by atoms with van der Waals surface area (Å²) in [6.45, 7) is 2.16. The van der Waals surface area contributed by atoms with Gasteiger partial charge in [-0.05, 0) is 37.5 Å². The lowest BCUT2D eigenvalue weighted by Gasteiger charge is -2.28. The smallest absolute Gasteiger partial charge is 0.327 e. The lowest BCUT2D eigenvalue weighted by molar-refractivity contribution is -0.146. The summed E-state index contributed by atoms with van der Waals surface area (Å²) >= 11 is 12.2. The molecule has 3 nitrogen and oxygen atoms in total. The number of benzene rings is 1. The Balaban J connectivity index is 2.19. The number of hydrogen-bond donors (Lipinski definition) is 1. The van der Waals surface area contributed by atoms with Crippen molar-refractivity contribution in [3.05, 3.63) is 33.8 Å². The monoisotopic (exact) mass is 329 g/mol. The molecule has 0 aromatic heterocycles. The van der Waals surface area contributed by atoms with Crippen molar-refractivity contribution in [3.8, 4) is 0 Å².